The van der Waals surface area contributed by atoms with Crippen LogP contribution >= 0.6 is 0 Å². The van der Waals surface area contributed by atoms with Gasteiger partial charge in [-0.3, -0.25) is 4.79 Å². The van der Waals surface area contributed by atoms with Crippen LogP contribution in [0.25, 0.3) is 0 Å². The van der Waals surface area contributed by atoms with Crippen LogP contribution in [-0.2, 0) is 16.9 Å². The van der Waals surface area contributed by atoms with Crippen molar-refractivity contribution in [2.75, 3.05) is 42.2 Å². The topological polar surface area (TPSA) is 75.5 Å². The first-order chi connectivity index (χ1) is 11.3. The zero-order valence-corrected chi connectivity index (χ0v) is 14.5. The van der Waals surface area contributed by atoms with E-state index >= 15 is 0 Å². The van der Waals surface area contributed by atoms with Crippen molar-refractivity contribution in [2.45, 2.75) is 4.90 Å². The molecule has 0 aliphatic carbocycles. The summed E-state index contributed by atoms with van der Waals surface area (Å²) in [7, 11) is -1.54. The Morgan fingerprint density at radius 1 is 0.958 bits per heavy atom. The first-order valence-electron chi connectivity index (χ1n) is 7.68. The number of hydrogen-bond donors (Lipinski definition) is 0. The molecule has 0 bridgehead atoms. The molecule has 0 spiro atoms. The van der Waals surface area contributed by atoms with Crippen molar-refractivity contribution in [1.29, 1.82) is 0 Å². The molecular formula is C16H20N4O3S. The fourth-order valence-corrected chi connectivity index (χ4v) is 3.39. The van der Waals surface area contributed by atoms with E-state index in [4.69, 9.17) is 0 Å². The second-order valence-electron chi connectivity index (χ2n) is 5.92. The van der Waals surface area contributed by atoms with Crippen LogP contribution in [-0.4, -0.2) is 50.6 Å². The van der Waals surface area contributed by atoms with E-state index in [1.165, 1.54) is 10.9 Å². The third kappa shape index (κ3) is 3.43. The lowest BCUT2D eigenvalue weighted by Gasteiger charge is -2.37. The molecule has 1 saturated heterocycles. The number of aromatic nitrogens is 2. The third-order valence-corrected chi connectivity index (χ3v) is 5.36. The Balaban J connectivity index is 1.68. The number of hydrogen-bond acceptors (Lipinski definition) is 6. The molecule has 1 fully saturated rings. The average molecular weight is 348 g/mol. The van der Waals surface area contributed by atoms with Gasteiger partial charge in [-0.1, -0.05) is 0 Å². The highest BCUT2D eigenvalue weighted by Gasteiger charge is 2.18. The maximum absolute atomic E-state index is 11.7. The molecule has 8 heteroatoms. The average Bonchev–Trinajstić information content (AvgIpc) is 2.57. The van der Waals surface area contributed by atoms with Crippen LogP contribution in [0.15, 0.2) is 46.2 Å². The smallest absolute Gasteiger partial charge is 0.268 e. The van der Waals surface area contributed by atoms with Crippen molar-refractivity contribution in [3.8, 4) is 0 Å². The second kappa shape index (κ2) is 6.27. The lowest BCUT2D eigenvalue weighted by atomic mass is 10.2. The quantitative estimate of drug-likeness (QED) is 0.805. The molecule has 24 heavy (non-hydrogen) atoms. The number of benzene rings is 1. The summed E-state index contributed by atoms with van der Waals surface area (Å²) in [6.45, 7) is 3.16. The highest BCUT2D eigenvalue weighted by Crippen LogP contribution is 2.21. The van der Waals surface area contributed by atoms with Crippen molar-refractivity contribution < 1.29 is 8.42 Å². The summed E-state index contributed by atoms with van der Waals surface area (Å²) < 4.78 is 24.3. The Morgan fingerprint density at radius 3 is 2.00 bits per heavy atom. The molecule has 0 atom stereocenters. The summed E-state index contributed by atoms with van der Waals surface area (Å²) in [6.07, 6.45) is 2.91. The Bertz CT molecular complexity index is 882. The van der Waals surface area contributed by atoms with Gasteiger partial charge < -0.3 is 9.80 Å². The minimum atomic E-state index is -3.17. The van der Waals surface area contributed by atoms with Crippen LogP contribution in [0.2, 0.25) is 0 Å². The third-order valence-electron chi connectivity index (χ3n) is 4.23. The maximum Gasteiger partial charge on any atom is 0.268 e. The molecule has 0 unspecified atom stereocenters. The number of anilines is 2. The molecule has 2 aromatic rings. The molecular weight excluding hydrogens is 328 g/mol. The van der Waals surface area contributed by atoms with Gasteiger partial charge in [0.1, 0.15) is 0 Å². The van der Waals surface area contributed by atoms with Crippen molar-refractivity contribution in [3.63, 3.8) is 0 Å². The van der Waals surface area contributed by atoms with Crippen LogP contribution in [0.4, 0.5) is 11.4 Å². The molecule has 1 aliphatic rings. The lowest BCUT2D eigenvalue weighted by molar-refractivity contribution is 0.602. The number of piperazine rings is 1. The van der Waals surface area contributed by atoms with Gasteiger partial charge in [-0.05, 0) is 24.3 Å². The van der Waals surface area contributed by atoms with Crippen LogP contribution in [0.5, 0.6) is 0 Å². The Hall–Kier alpha value is -2.35. The molecule has 0 amide bonds. The van der Waals surface area contributed by atoms with Crippen molar-refractivity contribution in [2.24, 2.45) is 7.05 Å². The van der Waals surface area contributed by atoms with E-state index in [2.05, 4.69) is 14.9 Å². The summed E-state index contributed by atoms with van der Waals surface area (Å²) in [6, 6.07) is 8.56. The predicted molar refractivity (Wildman–Crippen MR) is 93.5 cm³/mol. The molecule has 0 N–H and O–H groups in total. The van der Waals surface area contributed by atoms with Gasteiger partial charge in [0.25, 0.3) is 5.56 Å². The zero-order valence-electron chi connectivity index (χ0n) is 13.7. The molecule has 1 aromatic heterocycles. The summed E-state index contributed by atoms with van der Waals surface area (Å²) in [4.78, 5) is 16.4. The maximum atomic E-state index is 11.7. The fraction of sp³-hybridized carbons (Fsp3) is 0.375. The summed E-state index contributed by atoms with van der Waals surface area (Å²) >= 11 is 0. The normalized spacial score (nSPS) is 15.6. The van der Waals surface area contributed by atoms with Gasteiger partial charge in [0.2, 0.25) is 0 Å². The van der Waals surface area contributed by atoms with Gasteiger partial charge in [-0.25, -0.2) is 13.1 Å². The van der Waals surface area contributed by atoms with Crippen LogP contribution in [0, 0.1) is 0 Å². The van der Waals surface area contributed by atoms with Crippen LogP contribution in [0.3, 0.4) is 0 Å². The van der Waals surface area contributed by atoms with Gasteiger partial charge in [0, 0.05) is 51.2 Å². The van der Waals surface area contributed by atoms with Gasteiger partial charge in [-0.2, -0.15) is 5.10 Å². The van der Waals surface area contributed by atoms with Crippen LogP contribution < -0.4 is 15.4 Å². The minimum absolute atomic E-state index is 0.119. The first kappa shape index (κ1) is 16.5. The summed E-state index contributed by atoms with van der Waals surface area (Å²) in [5, 5.41) is 4.06. The van der Waals surface area contributed by atoms with E-state index in [0.29, 0.717) is 4.90 Å². The molecule has 7 nitrogen and oxygen atoms in total. The summed E-state index contributed by atoms with van der Waals surface area (Å²) in [5.74, 6) is 0. The minimum Gasteiger partial charge on any atom is -0.368 e. The van der Waals surface area contributed by atoms with Gasteiger partial charge in [0.15, 0.2) is 9.84 Å². The molecule has 2 heterocycles. The van der Waals surface area contributed by atoms with E-state index in [-0.39, 0.29) is 5.56 Å². The first-order valence-corrected chi connectivity index (χ1v) is 9.57. The Labute approximate surface area is 141 Å². The SMILES string of the molecule is Cn1ncc(N2CCN(c3ccc(S(C)(=O)=O)cc3)CC2)cc1=O. The molecule has 1 aromatic carbocycles. The largest absolute Gasteiger partial charge is 0.368 e. The van der Waals surface area contributed by atoms with E-state index in [1.807, 2.05) is 12.1 Å². The number of sulfone groups is 1. The molecule has 3 rings (SSSR count). The molecule has 128 valence electrons. The molecule has 0 radical (unpaired) electrons. The number of rotatable bonds is 3. The lowest BCUT2D eigenvalue weighted by Crippen LogP contribution is -2.47. The molecule has 1 aliphatic heterocycles. The molecule has 0 saturated carbocycles. The van der Waals surface area contributed by atoms with Crippen molar-refractivity contribution in [3.05, 3.63) is 46.9 Å². The van der Waals surface area contributed by atoms with Gasteiger partial charge in [-0.15, -0.1) is 0 Å². The summed E-state index contributed by atoms with van der Waals surface area (Å²) in [5.41, 5.74) is 1.72. The standard InChI is InChI=1S/C16H20N4O3S/c1-18-16(21)11-14(12-17-18)20-9-7-19(8-10-20)13-3-5-15(6-4-13)24(2,22)23/h3-6,11-12H,7-10H2,1-2H3. The number of nitrogens with zero attached hydrogens (tertiary/aromatic N) is 4. The van der Waals surface area contributed by atoms with Gasteiger partial charge in [0.05, 0.1) is 16.8 Å². The van der Waals surface area contributed by atoms with E-state index < -0.39 is 9.84 Å². The Kier molecular flexibility index (Phi) is 4.31. The fourth-order valence-electron chi connectivity index (χ4n) is 2.76. The highest BCUT2D eigenvalue weighted by molar-refractivity contribution is 7.90. The number of aryl methyl sites for hydroxylation is 1. The monoisotopic (exact) mass is 348 g/mol. The Morgan fingerprint density at radius 2 is 1.50 bits per heavy atom. The van der Waals surface area contributed by atoms with Gasteiger partial charge >= 0.3 is 0 Å². The zero-order chi connectivity index (χ0) is 17.3. The van der Waals surface area contributed by atoms with Crippen molar-refractivity contribution >= 4 is 21.2 Å². The van der Waals surface area contributed by atoms with E-state index in [0.717, 1.165) is 37.6 Å². The van der Waals surface area contributed by atoms with Crippen molar-refractivity contribution in [1.82, 2.24) is 9.78 Å². The van der Waals surface area contributed by atoms with E-state index in [1.54, 1.807) is 31.4 Å². The van der Waals surface area contributed by atoms with Crippen LogP contribution in [0.1, 0.15) is 0 Å². The highest BCUT2D eigenvalue weighted by atomic mass is 32.2. The second-order valence-corrected chi connectivity index (χ2v) is 7.93. The predicted octanol–water partition coefficient (Wildman–Crippen LogP) is 0.510. The van der Waals surface area contributed by atoms with E-state index in [9.17, 15) is 13.2 Å².